The van der Waals surface area contributed by atoms with Crippen LogP contribution in [0.25, 0.3) is 0 Å². The van der Waals surface area contributed by atoms with Gasteiger partial charge in [-0.15, -0.1) is 0 Å². The molecule has 1 N–H and O–H groups in total. The van der Waals surface area contributed by atoms with Gasteiger partial charge < -0.3 is 19.9 Å². The first-order valence-electron chi connectivity index (χ1n) is 11.1. The number of hydrogen-bond donors (Lipinski definition) is 1. The van der Waals surface area contributed by atoms with Crippen LogP contribution in [-0.4, -0.2) is 43.4 Å². The molecular weight excluding hydrogens is 390 g/mol. The first-order chi connectivity index (χ1) is 14.5. The molecule has 1 atom stereocenters. The Balaban J connectivity index is 1.66. The molecule has 3 rings (SSSR count). The molecule has 1 aliphatic rings. The molecule has 162 valence electrons. The minimum atomic E-state index is 0.252. The molecule has 0 aromatic heterocycles. The highest BCUT2D eigenvalue weighted by atomic mass is 32.1. The molecule has 30 heavy (non-hydrogen) atoms. The molecule has 5 heteroatoms. The van der Waals surface area contributed by atoms with Crippen LogP contribution in [0.5, 0.6) is 0 Å². The van der Waals surface area contributed by atoms with E-state index in [9.17, 15) is 0 Å². The van der Waals surface area contributed by atoms with Crippen LogP contribution in [0.3, 0.4) is 0 Å². The highest BCUT2D eigenvalue weighted by Gasteiger charge is 2.21. The minimum Gasteiger partial charge on any atom is -0.378 e. The van der Waals surface area contributed by atoms with Crippen molar-refractivity contribution in [2.75, 3.05) is 37.5 Å². The van der Waals surface area contributed by atoms with Crippen LogP contribution in [0.15, 0.2) is 48.5 Å². The summed E-state index contributed by atoms with van der Waals surface area (Å²) in [6, 6.07) is 17.3. The average Bonchev–Trinajstić information content (AvgIpc) is 3.26. The van der Waals surface area contributed by atoms with E-state index in [4.69, 9.17) is 17.0 Å². The largest absolute Gasteiger partial charge is 0.378 e. The quantitative estimate of drug-likeness (QED) is 0.538. The van der Waals surface area contributed by atoms with Crippen LogP contribution in [0.1, 0.15) is 43.7 Å². The van der Waals surface area contributed by atoms with Gasteiger partial charge in [-0.1, -0.05) is 37.6 Å². The molecule has 4 nitrogen and oxygen atoms in total. The van der Waals surface area contributed by atoms with Crippen LogP contribution in [-0.2, 0) is 17.7 Å². The summed E-state index contributed by atoms with van der Waals surface area (Å²) in [5.74, 6) is 0. The second-order valence-corrected chi connectivity index (χ2v) is 8.69. The molecule has 1 fully saturated rings. The zero-order chi connectivity index (χ0) is 21.3. The van der Waals surface area contributed by atoms with Gasteiger partial charge in [-0.05, 0) is 73.3 Å². The Bertz CT molecular complexity index is 783. The molecule has 2 aromatic carbocycles. The predicted octanol–water partition coefficient (Wildman–Crippen LogP) is 5.47. The Morgan fingerprint density at radius 3 is 2.37 bits per heavy atom. The third-order valence-electron chi connectivity index (χ3n) is 5.59. The standard InChI is InChI=1S/C25H35N3OS/c1-4-5-7-20-9-13-22(14-10-20)26-25(30)28(19-24-8-6-17-29-24)18-21-11-15-23(16-12-21)27(2)3/h9-16,24H,4-8,17-19H2,1-3H3,(H,26,30)/t24-/m1/s1. The average molecular weight is 426 g/mol. The lowest BCUT2D eigenvalue weighted by Crippen LogP contribution is -2.39. The van der Waals surface area contributed by atoms with E-state index in [1.807, 2.05) is 0 Å². The van der Waals surface area contributed by atoms with Gasteiger partial charge in [-0.3, -0.25) is 0 Å². The van der Waals surface area contributed by atoms with Gasteiger partial charge in [0, 0.05) is 45.2 Å². The van der Waals surface area contributed by atoms with E-state index in [1.54, 1.807) is 0 Å². The Labute approximate surface area is 187 Å². The van der Waals surface area contributed by atoms with Crippen molar-refractivity contribution in [1.82, 2.24) is 4.90 Å². The molecule has 0 bridgehead atoms. The maximum absolute atomic E-state index is 5.89. The van der Waals surface area contributed by atoms with Crippen molar-refractivity contribution < 1.29 is 4.74 Å². The smallest absolute Gasteiger partial charge is 0.173 e. The molecule has 0 amide bonds. The van der Waals surface area contributed by atoms with Gasteiger partial charge >= 0.3 is 0 Å². The van der Waals surface area contributed by atoms with E-state index in [0.29, 0.717) is 0 Å². The summed E-state index contributed by atoms with van der Waals surface area (Å²) in [7, 11) is 4.12. The monoisotopic (exact) mass is 425 g/mol. The fraction of sp³-hybridized carbons (Fsp3) is 0.480. The number of anilines is 2. The predicted molar refractivity (Wildman–Crippen MR) is 131 cm³/mol. The van der Waals surface area contributed by atoms with Gasteiger partial charge in [0.15, 0.2) is 5.11 Å². The Morgan fingerprint density at radius 1 is 1.07 bits per heavy atom. The number of nitrogens with zero attached hydrogens (tertiary/aromatic N) is 2. The Kier molecular flexibility index (Phi) is 8.52. The molecule has 0 unspecified atom stereocenters. The molecule has 1 aliphatic heterocycles. The van der Waals surface area contributed by atoms with Crippen molar-refractivity contribution in [3.8, 4) is 0 Å². The van der Waals surface area contributed by atoms with E-state index >= 15 is 0 Å². The van der Waals surface area contributed by atoms with E-state index in [-0.39, 0.29) is 6.10 Å². The lowest BCUT2D eigenvalue weighted by molar-refractivity contribution is 0.0905. The van der Waals surface area contributed by atoms with Crippen LogP contribution < -0.4 is 10.2 Å². The van der Waals surface area contributed by atoms with Crippen molar-refractivity contribution in [3.63, 3.8) is 0 Å². The van der Waals surface area contributed by atoms with E-state index in [0.717, 1.165) is 49.8 Å². The van der Waals surface area contributed by atoms with Crippen molar-refractivity contribution in [3.05, 3.63) is 59.7 Å². The summed E-state index contributed by atoms with van der Waals surface area (Å²) < 4.78 is 5.89. The summed E-state index contributed by atoms with van der Waals surface area (Å²) in [5.41, 5.74) is 4.87. The molecule has 2 aromatic rings. The molecule has 0 radical (unpaired) electrons. The summed E-state index contributed by atoms with van der Waals surface area (Å²) in [4.78, 5) is 4.35. The number of thiocarbonyl (C=S) groups is 1. The second-order valence-electron chi connectivity index (χ2n) is 8.31. The van der Waals surface area contributed by atoms with Crippen LogP contribution in [0.2, 0.25) is 0 Å². The number of rotatable bonds is 9. The first-order valence-corrected chi connectivity index (χ1v) is 11.5. The van der Waals surface area contributed by atoms with Crippen molar-refractivity contribution in [1.29, 1.82) is 0 Å². The van der Waals surface area contributed by atoms with Gasteiger partial charge in [-0.25, -0.2) is 0 Å². The molecule has 1 saturated heterocycles. The van der Waals surface area contributed by atoms with Gasteiger partial charge in [0.05, 0.1) is 6.10 Å². The van der Waals surface area contributed by atoms with Gasteiger partial charge in [-0.2, -0.15) is 0 Å². The van der Waals surface area contributed by atoms with Gasteiger partial charge in [0.1, 0.15) is 0 Å². The van der Waals surface area contributed by atoms with Crippen molar-refractivity contribution in [2.45, 2.75) is 51.7 Å². The normalized spacial score (nSPS) is 15.8. The summed E-state index contributed by atoms with van der Waals surface area (Å²) in [6.07, 6.45) is 6.07. The molecule has 0 aliphatic carbocycles. The molecule has 0 saturated carbocycles. The molecule has 1 heterocycles. The number of benzene rings is 2. The fourth-order valence-electron chi connectivity index (χ4n) is 3.71. The molecular formula is C25H35N3OS. The number of hydrogen-bond acceptors (Lipinski definition) is 3. The van der Waals surface area contributed by atoms with E-state index in [1.165, 1.54) is 29.7 Å². The SMILES string of the molecule is CCCCc1ccc(NC(=S)N(Cc2ccc(N(C)C)cc2)C[C@H]2CCCO2)cc1. The summed E-state index contributed by atoms with van der Waals surface area (Å²) in [5, 5.41) is 4.20. The van der Waals surface area contributed by atoms with Gasteiger partial charge in [0.2, 0.25) is 0 Å². The Hall–Kier alpha value is -2.11. The minimum absolute atomic E-state index is 0.252. The third kappa shape index (κ3) is 6.71. The first kappa shape index (κ1) is 22.6. The van der Waals surface area contributed by atoms with Crippen LogP contribution in [0.4, 0.5) is 11.4 Å². The number of unbranched alkanes of at least 4 members (excludes halogenated alkanes) is 1. The molecule has 0 spiro atoms. The number of aryl methyl sites for hydroxylation is 1. The van der Waals surface area contributed by atoms with Crippen molar-refractivity contribution in [2.24, 2.45) is 0 Å². The maximum Gasteiger partial charge on any atom is 0.173 e. The van der Waals surface area contributed by atoms with Gasteiger partial charge in [0.25, 0.3) is 0 Å². The summed E-state index contributed by atoms with van der Waals surface area (Å²) >= 11 is 5.81. The third-order valence-corrected chi connectivity index (χ3v) is 5.95. The highest BCUT2D eigenvalue weighted by Crippen LogP contribution is 2.19. The maximum atomic E-state index is 5.89. The highest BCUT2D eigenvalue weighted by molar-refractivity contribution is 7.80. The zero-order valence-electron chi connectivity index (χ0n) is 18.6. The lowest BCUT2D eigenvalue weighted by atomic mass is 10.1. The summed E-state index contributed by atoms with van der Waals surface area (Å²) in [6.45, 7) is 4.67. The van der Waals surface area contributed by atoms with Crippen molar-refractivity contribution >= 4 is 28.7 Å². The topological polar surface area (TPSA) is 27.7 Å². The van der Waals surface area contributed by atoms with Crippen LogP contribution >= 0.6 is 12.2 Å². The zero-order valence-corrected chi connectivity index (χ0v) is 19.4. The number of nitrogens with one attached hydrogen (secondary N) is 1. The lowest BCUT2D eigenvalue weighted by Gasteiger charge is -2.28. The number of ether oxygens (including phenoxy) is 1. The Morgan fingerprint density at radius 2 is 1.77 bits per heavy atom. The van der Waals surface area contributed by atoms with E-state index < -0.39 is 0 Å². The second kappa shape index (κ2) is 11.3. The van der Waals surface area contributed by atoms with Crippen LogP contribution in [0, 0.1) is 0 Å². The fourth-order valence-corrected chi connectivity index (χ4v) is 3.97. The van der Waals surface area contributed by atoms with E-state index in [2.05, 4.69) is 84.7 Å².